The summed E-state index contributed by atoms with van der Waals surface area (Å²) in [5.41, 5.74) is 2.80. The molecule has 0 bridgehead atoms. The lowest BCUT2D eigenvalue weighted by atomic mass is 10.2. The van der Waals surface area contributed by atoms with Crippen molar-refractivity contribution < 1.29 is 4.92 Å². The van der Waals surface area contributed by atoms with Gasteiger partial charge in [0.2, 0.25) is 0 Å². The minimum absolute atomic E-state index is 0.101. The standard InChI is InChI=1S/C14H17N3O2S/c1-10(2)9-16-6-7-20-14(16)15-13-5-4-12(17(18)19)8-11(13)3/h4-5,8H,1,6-7,9H2,2-3H3/b15-14-. The van der Waals surface area contributed by atoms with E-state index in [1.54, 1.807) is 23.9 Å². The summed E-state index contributed by atoms with van der Waals surface area (Å²) < 4.78 is 0. The van der Waals surface area contributed by atoms with Crippen LogP contribution in [0.3, 0.4) is 0 Å². The molecule has 0 aromatic heterocycles. The number of non-ortho nitro benzene ring substituents is 1. The third-order valence-corrected chi connectivity index (χ3v) is 3.93. The summed E-state index contributed by atoms with van der Waals surface area (Å²) in [5, 5.41) is 11.7. The van der Waals surface area contributed by atoms with E-state index < -0.39 is 0 Å². The fraction of sp³-hybridized carbons (Fsp3) is 0.357. The number of rotatable bonds is 4. The van der Waals surface area contributed by atoms with Gasteiger partial charge in [0.25, 0.3) is 5.69 Å². The first kappa shape index (κ1) is 14.6. The lowest BCUT2D eigenvalue weighted by molar-refractivity contribution is -0.384. The first-order valence-corrected chi connectivity index (χ1v) is 7.32. The minimum Gasteiger partial charge on any atom is -0.346 e. The summed E-state index contributed by atoms with van der Waals surface area (Å²) in [6.07, 6.45) is 0. The van der Waals surface area contributed by atoms with E-state index in [1.807, 2.05) is 13.8 Å². The number of amidine groups is 1. The van der Waals surface area contributed by atoms with E-state index in [2.05, 4.69) is 16.5 Å². The fourth-order valence-electron chi connectivity index (χ4n) is 1.99. The number of thioether (sulfide) groups is 1. The monoisotopic (exact) mass is 291 g/mol. The molecule has 0 unspecified atom stereocenters. The van der Waals surface area contributed by atoms with Crippen molar-refractivity contribution in [2.45, 2.75) is 13.8 Å². The van der Waals surface area contributed by atoms with E-state index in [-0.39, 0.29) is 10.6 Å². The molecule has 0 spiro atoms. The highest BCUT2D eigenvalue weighted by atomic mass is 32.2. The number of benzene rings is 1. The Bertz CT molecular complexity index is 584. The molecule has 0 amide bonds. The fourth-order valence-corrected chi connectivity index (χ4v) is 2.99. The predicted molar refractivity (Wildman–Crippen MR) is 83.8 cm³/mol. The van der Waals surface area contributed by atoms with Gasteiger partial charge in [-0.15, -0.1) is 0 Å². The molecule has 5 nitrogen and oxygen atoms in total. The molecule has 20 heavy (non-hydrogen) atoms. The molecule has 0 atom stereocenters. The number of hydrogen-bond acceptors (Lipinski definition) is 4. The molecule has 106 valence electrons. The van der Waals surface area contributed by atoms with Crippen molar-refractivity contribution in [3.05, 3.63) is 46.0 Å². The second kappa shape index (κ2) is 6.09. The molecule has 1 fully saturated rings. The van der Waals surface area contributed by atoms with Gasteiger partial charge in [-0.25, -0.2) is 4.99 Å². The summed E-state index contributed by atoms with van der Waals surface area (Å²) in [6.45, 7) is 9.53. The molecule has 0 radical (unpaired) electrons. The maximum atomic E-state index is 10.7. The maximum Gasteiger partial charge on any atom is 0.269 e. The van der Waals surface area contributed by atoms with E-state index >= 15 is 0 Å². The van der Waals surface area contributed by atoms with E-state index in [9.17, 15) is 10.1 Å². The molecular weight excluding hydrogens is 274 g/mol. The van der Waals surface area contributed by atoms with E-state index in [0.717, 1.165) is 40.8 Å². The van der Waals surface area contributed by atoms with Gasteiger partial charge in [-0.05, 0) is 25.5 Å². The molecule has 1 aromatic rings. The van der Waals surface area contributed by atoms with Gasteiger partial charge in [-0.2, -0.15) is 0 Å². The minimum atomic E-state index is -0.387. The second-order valence-corrected chi connectivity index (χ2v) is 5.91. The van der Waals surface area contributed by atoms with Crippen molar-refractivity contribution >= 4 is 28.3 Å². The lowest BCUT2D eigenvalue weighted by Gasteiger charge is -2.17. The van der Waals surface area contributed by atoms with Crippen LogP contribution in [0.15, 0.2) is 35.3 Å². The molecule has 6 heteroatoms. The number of nitro benzene ring substituents is 1. The van der Waals surface area contributed by atoms with Crippen LogP contribution in [0.4, 0.5) is 11.4 Å². The molecule has 1 saturated heterocycles. The number of aryl methyl sites for hydroxylation is 1. The van der Waals surface area contributed by atoms with Crippen molar-refractivity contribution in [3.63, 3.8) is 0 Å². The number of nitrogens with zero attached hydrogens (tertiary/aromatic N) is 3. The quantitative estimate of drug-likeness (QED) is 0.484. The average Bonchev–Trinajstić information content (AvgIpc) is 2.78. The van der Waals surface area contributed by atoms with Crippen LogP contribution in [0, 0.1) is 17.0 Å². The normalized spacial score (nSPS) is 16.7. The summed E-state index contributed by atoms with van der Waals surface area (Å²) in [7, 11) is 0. The van der Waals surface area contributed by atoms with Gasteiger partial charge >= 0.3 is 0 Å². The summed E-state index contributed by atoms with van der Waals surface area (Å²) in [4.78, 5) is 17.2. The second-order valence-electron chi connectivity index (χ2n) is 4.85. The molecule has 0 aliphatic carbocycles. The number of hydrogen-bond donors (Lipinski definition) is 0. The topological polar surface area (TPSA) is 58.7 Å². The van der Waals surface area contributed by atoms with Gasteiger partial charge in [0.1, 0.15) is 0 Å². The third kappa shape index (κ3) is 3.39. The lowest BCUT2D eigenvalue weighted by Crippen LogP contribution is -2.25. The van der Waals surface area contributed by atoms with Gasteiger partial charge < -0.3 is 4.90 Å². The van der Waals surface area contributed by atoms with Crippen LogP contribution in [0.5, 0.6) is 0 Å². The molecule has 1 heterocycles. The van der Waals surface area contributed by atoms with Crippen LogP contribution in [0.25, 0.3) is 0 Å². The van der Waals surface area contributed by atoms with Crippen LogP contribution in [-0.2, 0) is 0 Å². The molecule has 1 aromatic carbocycles. The van der Waals surface area contributed by atoms with Crippen LogP contribution in [0.1, 0.15) is 12.5 Å². The summed E-state index contributed by atoms with van der Waals surface area (Å²) in [5.74, 6) is 1.01. The average molecular weight is 291 g/mol. The Morgan fingerprint density at radius 3 is 2.95 bits per heavy atom. The van der Waals surface area contributed by atoms with Crippen molar-refractivity contribution in [1.29, 1.82) is 0 Å². The van der Waals surface area contributed by atoms with Crippen molar-refractivity contribution in [2.24, 2.45) is 4.99 Å². The van der Waals surface area contributed by atoms with Gasteiger partial charge in [0.05, 0.1) is 10.6 Å². The predicted octanol–water partition coefficient (Wildman–Crippen LogP) is 3.52. The Balaban J connectivity index is 2.25. The van der Waals surface area contributed by atoms with Gasteiger partial charge in [0.15, 0.2) is 5.17 Å². The molecular formula is C14H17N3O2S. The zero-order chi connectivity index (χ0) is 14.7. The molecule has 1 aliphatic heterocycles. The van der Waals surface area contributed by atoms with Gasteiger partial charge in [-0.1, -0.05) is 23.9 Å². The smallest absolute Gasteiger partial charge is 0.269 e. The first-order chi connectivity index (χ1) is 9.47. The van der Waals surface area contributed by atoms with E-state index in [4.69, 9.17) is 0 Å². The largest absolute Gasteiger partial charge is 0.346 e. The highest BCUT2D eigenvalue weighted by Gasteiger charge is 2.19. The molecule has 1 aliphatic rings. The van der Waals surface area contributed by atoms with Crippen LogP contribution in [-0.4, -0.2) is 33.8 Å². The van der Waals surface area contributed by atoms with Crippen molar-refractivity contribution in [1.82, 2.24) is 4.90 Å². The Hall–Kier alpha value is -1.82. The Morgan fingerprint density at radius 2 is 2.35 bits per heavy atom. The van der Waals surface area contributed by atoms with E-state index in [0.29, 0.717) is 0 Å². The summed E-state index contributed by atoms with van der Waals surface area (Å²) in [6, 6.07) is 4.76. The first-order valence-electron chi connectivity index (χ1n) is 6.33. The number of aliphatic imine (C=N–C) groups is 1. The van der Waals surface area contributed by atoms with Crippen molar-refractivity contribution in [2.75, 3.05) is 18.8 Å². The zero-order valence-electron chi connectivity index (χ0n) is 11.6. The maximum absolute atomic E-state index is 10.7. The van der Waals surface area contributed by atoms with Gasteiger partial charge in [0, 0.05) is 31.0 Å². The Morgan fingerprint density at radius 1 is 1.60 bits per heavy atom. The zero-order valence-corrected chi connectivity index (χ0v) is 12.4. The van der Waals surface area contributed by atoms with Crippen LogP contribution < -0.4 is 0 Å². The van der Waals surface area contributed by atoms with Crippen LogP contribution in [0.2, 0.25) is 0 Å². The summed E-state index contributed by atoms with van der Waals surface area (Å²) >= 11 is 1.71. The van der Waals surface area contributed by atoms with Crippen molar-refractivity contribution in [3.8, 4) is 0 Å². The van der Waals surface area contributed by atoms with E-state index in [1.165, 1.54) is 6.07 Å². The molecule has 0 N–H and O–H groups in total. The van der Waals surface area contributed by atoms with Gasteiger partial charge in [-0.3, -0.25) is 10.1 Å². The molecule has 0 saturated carbocycles. The van der Waals surface area contributed by atoms with Crippen LogP contribution >= 0.6 is 11.8 Å². The molecule has 2 rings (SSSR count). The third-order valence-electron chi connectivity index (χ3n) is 2.93. The highest BCUT2D eigenvalue weighted by molar-refractivity contribution is 8.14. The SMILES string of the molecule is C=C(C)CN1CCS/C1=N\c1ccc([N+](=O)[O-])cc1C. The Labute approximate surface area is 122 Å². The highest BCUT2D eigenvalue weighted by Crippen LogP contribution is 2.28. The number of nitro groups is 1. The Kier molecular flexibility index (Phi) is 4.44.